The Morgan fingerprint density at radius 3 is 2.18 bits per heavy atom. The molecular weight excluding hydrogens is 238 g/mol. The highest BCUT2D eigenvalue weighted by molar-refractivity contribution is 6.33. The van der Waals surface area contributed by atoms with Gasteiger partial charge in [-0.3, -0.25) is 0 Å². The van der Waals surface area contributed by atoms with Crippen LogP contribution >= 0.6 is 11.6 Å². The first-order chi connectivity index (χ1) is 8.04. The molecule has 0 saturated heterocycles. The number of benzene rings is 1. The van der Waals surface area contributed by atoms with Crippen molar-refractivity contribution in [3.05, 3.63) is 22.2 Å². The van der Waals surface area contributed by atoms with Gasteiger partial charge in [0.2, 0.25) is 0 Å². The smallest absolute Gasteiger partial charge is 0.144 e. The molecule has 3 nitrogen and oxygen atoms in total. The van der Waals surface area contributed by atoms with E-state index < -0.39 is 0 Å². The molecule has 0 bridgehead atoms. The third kappa shape index (κ3) is 3.05. The largest absolute Gasteiger partial charge is 0.495 e. The molecule has 1 aromatic rings. The Balaban J connectivity index is 3.34. The monoisotopic (exact) mass is 257 g/mol. The molecule has 1 atom stereocenters. The zero-order valence-corrected chi connectivity index (χ0v) is 11.6. The van der Waals surface area contributed by atoms with E-state index in [1.165, 1.54) is 0 Å². The van der Waals surface area contributed by atoms with Gasteiger partial charge in [-0.15, -0.1) is 0 Å². The lowest BCUT2D eigenvalue weighted by molar-refractivity contribution is 0.388. The highest BCUT2D eigenvalue weighted by Crippen LogP contribution is 2.40. The maximum Gasteiger partial charge on any atom is 0.144 e. The number of nitrogens with two attached hydrogens (primary N) is 1. The number of hydrogen-bond donors (Lipinski definition) is 1. The average Bonchev–Trinajstić information content (AvgIpc) is 2.28. The maximum atomic E-state index is 6.29. The summed E-state index contributed by atoms with van der Waals surface area (Å²) in [7, 11) is 3.22. The minimum absolute atomic E-state index is 0.0677. The topological polar surface area (TPSA) is 44.5 Å². The van der Waals surface area contributed by atoms with Gasteiger partial charge in [-0.05, 0) is 37.0 Å². The van der Waals surface area contributed by atoms with Crippen LogP contribution in [0.1, 0.15) is 25.0 Å². The SMILES string of the molecule is CCc1cc(CC(C)N)c(OC)c(Cl)c1OC. The molecule has 1 unspecified atom stereocenters. The Kier molecular flexibility index (Phi) is 5.09. The second-order valence-corrected chi connectivity index (χ2v) is 4.49. The third-order valence-corrected chi connectivity index (χ3v) is 3.00. The summed E-state index contributed by atoms with van der Waals surface area (Å²) in [6.07, 6.45) is 1.60. The van der Waals surface area contributed by atoms with Gasteiger partial charge in [-0.1, -0.05) is 18.5 Å². The van der Waals surface area contributed by atoms with E-state index in [4.69, 9.17) is 26.8 Å². The van der Waals surface area contributed by atoms with Crippen LogP contribution in [0, 0.1) is 0 Å². The van der Waals surface area contributed by atoms with Crippen molar-refractivity contribution in [3.63, 3.8) is 0 Å². The van der Waals surface area contributed by atoms with E-state index in [-0.39, 0.29) is 6.04 Å². The molecule has 4 heteroatoms. The molecule has 0 fully saturated rings. The Labute approximate surface area is 108 Å². The highest BCUT2D eigenvalue weighted by Gasteiger charge is 2.17. The summed E-state index contributed by atoms with van der Waals surface area (Å²) < 4.78 is 10.7. The van der Waals surface area contributed by atoms with Crippen molar-refractivity contribution in [2.75, 3.05) is 14.2 Å². The van der Waals surface area contributed by atoms with Crippen molar-refractivity contribution in [3.8, 4) is 11.5 Å². The summed E-state index contributed by atoms with van der Waals surface area (Å²) in [4.78, 5) is 0. The Morgan fingerprint density at radius 2 is 1.76 bits per heavy atom. The van der Waals surface area contributed by atoms with E-state index in [1.54, 1.807) is 14.2 Å². The van der Waals surface area contributed by atoms with E-state index in [0.29, 0.717) is 16.5 Å². The number of hydrogen-bond acceptors (Lipinski definition) is 3. The van der Waals surface area contributed by atoms with Gasteiger partial charge in [0, 0.05) is 6.04 Å². The number of aryl methyl sites for hydroxylation is 1. The summed E-state index contributed by atoms with van der Waals surface area (Å²) in [5.74, 6) is 1.36. The fraction of sp³-hybridized carbons (Fsp3) is 0.538. The summed E-state index contributed by atoms with van der Waals surface area (Å²) in [5.41, 5.74) is 7.94. The quantitative estimate of drug-likeness (QED) is 0.882. The van der Waals surface area contributed by atoms with Gasteiger partial charge in [-0.2, -0.15) is 0 Å². The maximum absolute atomic E-state index is 6.29. The first-order valence-electron chi connectivity index (χ1n) is 5.72. The summed E-state index contributed by atoms with van der Waals surface area (Å²) in [6, 6.07) is 2.13. The Bertz CT molecular complexity index is 391. The number of halogens is 1. The molecular formula is C13H20ClNO2. The van der Waals surface area contributed by atoms with E-state index in [0.717, 1.165) is 24.0 Å². The highest BCUT2D eigenvalue weighted by atomic mass is 35.5. The second kappa shape index (κ2) is 6.12. The third-order valence-electron chi connectivity index (χ3n) is 2.66. The van der Waals surface area contributed by atoms with E-state index in [2.05, 4.69) is 13.0 Å². The average molecular weight is 258 g/mol. The molecule has 1 aromatic carbocycles. The zero-order valence-electron chi connectivity index (χ0n) is 10.8. The number of rotatable bonds is 5. The Morgan fingerprint density at radius 1 is 1.24 bits per heavy atom. The summed E-state index contributed by atoms with van der Waals surface area (Å²) >= 11 is 6.29. The van der Waals surface area contributed by atoms with Crippen LogP contribution in [0.25, 0.3) is 0 Å². The molecule has 0 amide bonds. The fourth-order valence-corrected chi connectivity index (χ4v) is 2.33. The first-order valence-corrected chi connectivity index (χ1v) is 6.10. The zero-order chi connectivity index (χ0) is 13.0. The molecule has 1 rings (SSSR count). The van der Waals surface area contributed by atoms with Gasteiger partial charge in [0.1, 0.15) is 16.5 Å². The van der Waals surface area contributed by atoms with Crippen molar-refractivity contribution in [2.24, 2.45) is 5.73 Å². The van der Waals surface area contributed by atoms with Crippen LogP contribution in [0.5, 0.6) is 11.5 Å². The molecule has 0 aliphatic rings. The van der Waals surface area contributed by atoms with Crippen LogP contribution in [0.4, 0.5) is 0 Å². The van der Waals surface area contributed by atoms with Crippen LogP contribution in [0.3, 0.4) is 0 Å². The lowest BCUT2D eigenvalue weighted by Crippen LogP contribution is -2.18. The molecule has 0 spiro atoms. The molecule has 96 valence electrons. The van der Waals surface area contributed by atoms with Crippen LogP contribution in [-0.2, 0) is 12.8 Å². The minimum atomic E-state index is 0.0677. The summed E-state index contributed by atoms with van der Waals surface area (Å²) in [5, 5.41) is 0.532. The van der Waals surface area contributed by atoms with Gasteiger partial charge in [0.25, 0.3) is 0 Å². The molecule has 17 heavy (non-hydrogen) atoms. The normalized spacial score (nSPS) is 12.4. The molecule has 0 aromatic heterocycles. The molecule has 0 saturated carbocycles. The van der Waals surface area contributed by atoms with Crippen molar-refractivity contribution in [1.82, 2.24) is 0 Å². The standard InChI is InChI=1S/C13H20ClNO2/c1-5-9-7-10(6-8(2)15)13(17-4)11(14)12(9)16-3/h7-8H,5-6,15H2,1-4H3. The van der Waals surface area contributed by atoms with Crippen molar-refractivity contribution in [2.45, 2.75) is 32.7 Å². The molecule has 0 aliphatic carbocycles. The van der Waals surface area contributed by atoms with E-state index >= 15 is 0 Å². The molecule has 0 radical (unpaired) electrons. The van der Waals surface area contributed by atoms with E-state index in [9.17, 15) is 0 Å². The van der Waals surface area contributed by atoms with Crippen LogP contribution in [-0.4, -0.2) is 20.3 Å². The minimum Gasteiger partial charge on any atom is -0.495 e. The second-order valence-electron chi connectivity index (χ2n) is 4.11. The van der Waals surface area contributed by atoms with Crippen LogP contribution in [0.2, 0.25) is 5.02 Å². The molecule has 2 N–H and O–H groups in total. The Hall–Kier alpha value is -0.930. The van der Waals surface area contributed by atoms with Crippen molar-refractivity contribution >= 4 is 11.6 Å². The fourth-order valence-electron chi connectivity index (χ4n) is 1.93. The van der Waals surface area contributed by atoms with Gasteiger partial charge in [-0.25, -0.2) is 0 Å². The first kappa shape index (κ1) is 14.1. The lowest BCUT2D eigenvalue weighted by Gasteiger charge is -2.17. The van der Waals surface area contributed by atoms with E-state index in [1.807, 2.05) is 6.92 Å². The predicted molar refractivity (Wildman–Crippen MR) is 71.3 cm³/mol. The lowest BCUT2D eigenvalue weighted by atomic mass is 10.0. The van der Waals surface area contributed by atoms with Gasteiger partial charge in [0.05, 0.1) is 14.2 Å². The van der Waals surface area contributed by atoms with Crippen LogP contribution in [0.15, 0.2) is 6.07 Å². The predicted octanol–water partition coefficient (Wildman–Crippen LogP) is 2.81. The van der Waals surface area contributed by atoms with Gasteiger partial charge in [0.15, 0.2) is 0 Å². The van der Waals surface area contributed by atoms with Gasteiger partial charge < -0.3 is 15.2 Å². The molecule has 0 aliphatic heterocycles. The van der Waals surface area contributed by atoms with Crippen LogP contribution < -0.4 is 15.2 Å². The van der Waals surface area contributed by atoms with Crippen molar-refractivity contribution in [1.29, 1.82) is 0 Å². The molecule has 0 heterocycles. The van der Waals surface area contributed by atoms with Crippen molar-refractivity contribution < 1.29 is 9.47 Å². The summed E-state index contributed by atoms with van der Waals surface area (Å²) in [6.45, 7) is 4.03. The van der Waals surface area contributed by atoms with Gasteiger partial charge >= 0.3 is 0 Å². The number of methoxy groups -OCH3 is 2. The number of ether oxygens (including phenoxy) is 2.